The average Bonchev–Trinajstić information content (AvgIpc) is 2.29. The summed E-state index contributed by atoms with van der Waals surface area (Å²) in [4.78, 5) is 16.1. The lowest BCUT2D eigenvalue weighted by Gasteiger charge is -2.33. The fraction of sp³-hybridized carbons (Fsp3) is 0.455. The first-order valence-corrected chi connectivity index (χ1v) is 6.03. The van der Waals surface area contributed by atoms with Gasteiger partial charge < -0.3 is 10.0 Å². The van der Waals surface area contributed by atoms with Gasteiger partial charge in [-0.15, -0.1) is 0 Å². The van der Waals surface area contributed by atoms with Crippen molar-refractivity contribution in [3.8, 4) is 0 Å². The van der Waals surface area contributed by atoms with Crippen LogP contribution in [0, 0.1) is 0 Å². The number of hydrogen-bond acceptors (Lipinski definition) is 3. The van der Waals surface area contributed by atoms with E-state index >= 15 is 0 Å². The molecule has 1 aliphatic rings. The van der Waals surface area contributed by atoms with Crippen LogP contribution in [-0.2, 0) is 0 Å². The first kappa shape index (κ1) is 13.8. The molecule has 0 saturated carbocycles. The number of carbonyl (C=O) groups is 1. The monoisotopic (exact) mass is 291 g/mol. The van der Waals surface area contributed by atoms with E-state index in [1.165, 1.54) is 12.3 Å². The van der Waals surface area contributed by atoms with Crippen LogP contribution in [0.2, 0.25) is 5.02 Å². The standard InChI is InChI=1S/C11H12ClF2N3O2/c12-7-5-9(16-10(18)19)15-6-8(7)17-3-1-11(13,14)2-4-17/h5-6H,1-4H2,(H,15,16)(H,18,19). The molecule has 0 aromatic carbocycles. The number of rotatable bonds is 2. The van der Waals surface area contributed by atoms with Gasteiger partial charge >= 0.3 is 6.09 Å². The molecular formula is C11H12ClF2N3O2. The molecule has 0 bridgehead atoms. The Morgan fingerprint density at radius 1 is 1.47 bits per heavy atom. The Morgan fingerprint density at radius 3 is 2.63 bits per heavy atom. The number of pyridine rings is 1. The Kier molecular flexibility index (Phi) is 3.75. The van der Waals surface area contributed by atoms with E-state index in [0.717, 1.165) is 0 Å². The van der Waals surface area contributed by atoms with Crippen LogP contribution >= 0.6 is 11.6 Å². The van der Waals surface area contributed by atoms with Gasteiger partial charge in [-0.1, -0.05) is 11.6 Å². The van der Waals surface area contributed by atoms with Crippen LogP contribution in [0.4, 0.5) is 25.1 Å². The van der Waals surface area contributed by atoms with E-state index in [9.17, 15) is 13.6 Å². The molecule has 0 atom stereocenters. The summed E-state index contributed by atoms with van der Waals surface area (Å²) in [6, 6.07) is 1.36. The molecule has 2 heterocycles. The van der Waals surface area contributed by atoms with Crippen molar-refractivity contribution >= 4 is 29.2 Å². The molecule has 1 aliphatic heterocycles. The largest absolute Gasteiger partial charge is 0.465 e. The van der Waals surface area contributed by atoms with E-state index in [0.29, 0.717) is 5.69 Å². The number of piperidine rings is 1. The van der Waals surface area contributed by atoms with E-state index in [2.05, 4.69) is 10.3 Å². The van der Waals surface area contributed by atoms with Crippen LogP contribution in [0.15, 0.2) is 12.3 Å². The summed E-state index contributed by atoms with van der Waals surface area (Å²) in [6.07, 6.45) is -0.303. The minimum Gasteiger partial charge on any atom is -0.465 e. The van der Waals surface area contributed by atoms with Gasteiger partial charge in [-0.25, -0.2) is 18.6 Å². The van der Waals surface area contributed by atoms with Crippen molar-refractivity contribution in [3.05, 3.63) is 17.3 Å². The van der Waals surface area contributed by atoms with Gasteiger partial charge in [0.2, 0.25) is 0 Å². The SMILES string of the molecule is O=C(O)Nc1cc(Cl)c(N2CCC(F)(F)CC2)cn1. The number of nitrogens with zero attached hydrogens (tertiary/aromatic N) is 2. The van der Waals surface area contributed by atoms with Gasteiger partial charge in [-0.2, -0.15) is 0 Å². The topological polar surface area (TPSA) is 65.5 Å². The molecule has 104 valence electrons. The summed E-state index contributed by atoms with van der Waals surface area (Å²) in [5, 5.41) is 10.9. The Balaban J connectivity index is 2.11. The summed E-state index contributed by atoms with van der Waals surface area (Å²) >= 11 is 6.02. The minimum atomic E-state index is -2.62. The molecule has 1 amide bonds. The van der Waals surface area contributed by atoms with E-state index in [1.807, 2.05) is 0 Å². The summed E-state index contributed by atoms with van der Waals surface area (Å²) in [5.74, 6) is -2.52. The normalized spacial score (nSPS) is 18.2. The molecule has 1 saturated heterocycles. The number of anilines is 2. The highest BCUT2D eigenvalue weighted by atomic mass is 35.5. The summed E-state index contributed by atoms with van der Waals surface area (Å²) in [7, 11) is 0. The van der Waals surface area contributed by atoms with Crippen LogP contribution < -0.4 is 10.2 Å². The van der Waals surface area contributed by atoms with Crippen molar-refractivity contribution in [2.45, 2.75) is 18.8 Å². The highest BCUT2D eigenvalue weighted by molar-refractivity contribution is 6.33. The zero-order valence-electron chi connectivity index (χ0n) is 9.87. The van der Waals surface area contributed by atoms with E-state index in [-0.39, 0.29) is 36.8 Å². The number of amides is 1. The molecule has 2 N–H and O–H groups in total. The fourth-order valence-corrected chi connectivity index (χ4v) is 2.18. The molecule has 0 unspecified atom stereocenters. The number of nitrogens with one attached hydrogen (secondary N) is 1. The van der Waals surface area contributed by atoms with Gasteiger partial charge in [-0.3, -0.25) is 5.32 Å². The quantitative estimate of drug-likeness (QED) is 0.879. The molecule has 0 spiro atoms. The molecule has 1 fully saturated rings. The molecule has 0 radical (unpaired) electrons. The lowest BCUT2D eigenvalue weighted by atomic mass is 10.1. The molecule has 8 heteroatoms. The Hall–Kier alpha value is -1.63. The van der Waals surface area contributed by atoms with E-state index < -0.39 is 12.0 Å². The molecule has 1 aromatic rings. The van der Waals surface area contributed by atoms with Crippen molar-refractivity contribution in [2.24, 2.45) is 0 Å². The van der Waals surface area contributed by atoms with Crippen molar-refractivity contribution < 1.29 is 18.7 Å². The molecular weight excluding hydrogens is 280 g/mol. The minimum absolute atomic E-state index is 0.101. The number of halogens is 3. The van der Waals surface area contributed by atoms with Crippen LogP contribution in [0.1, 0.15) is 12.8 Å². The number of carboxylic acid groups (broad SMARTS) is 1. The summed E-state index contributed by atoms with van der Waals surface area (Å²) < 4.78 is 26.1. The summed E-state index contributed by atoms with van der Waals surface area (Å²) in [6.45, 7) is 0.389. The van der Waals surface area contributed by atoms with Gasteiger partial charge in [0.1, 0.15) is 5.82 Å². The second-order valence-electron chi connectivity index (χ2n) is 4.29. The molecule has 2 rings (SSSR count). The maximum Gasteiger partial charge on any atom is 0.410 e. The predicted octanol–water partition coefficient (Wildman–Crippen LogP) is 3.06. The van der Waals surface area contributed by atoms with Crippen LogP contribution in [-0.4, -0.2) is 35.2 Å². The van der Waals surface area contributed by atoms with Gasteiger partial charge in [0.05, 0.1) is 16.9 Å². The second kappa shape index (κ2) is 5.16. The lowest BCUT2D eigenvalue weighted by Crippen LogP contribution is -2.39. The zero-order valence-corrected chi connectivity index (χ0v) is 10.6. The van der Waals surface area contributed by atoms with Crippen LogP contribution in [0.3, 0.4) is 0 Å². The molecule has 5 nitrogen and oxygen atoms in total. The van der Waals surface area contributed by atoms with E-state index in [4.69, 9.17) is 16.7 Å². The van der Waals surface area contributed by atoms with Crippen molar-refractivity contribution in [2.75, 3.05) is 23.3 Å². The number of hydrogen-bond donors (Lipinski definition) is 2. The maximum atomic E-state index is 13.1. The Morgan fingerprint density at radius 2 is 2.11 bits per heavy atom. The third kappa shape index (κ3) is 3.44. The van der Waals surface area contributed by atoms with Gasteiger partial charge in [0.25, 0.3) is 5.92 Å². The highest BCUT2D eigenvalue weighted by Crippen LogP contribution is 2.33. The maximum absolute atomic E-state index is 13.1. The first-order chi connectivity index (χ1) is 8.87. The van der Waals surface area contributed by atoms with E-state index in [1.54, 1.807) is 4.90 Å². The van der Waals surface area contributed by atoms with Crippen LogP contribution in [0.5, 0.6) is 0 Å². The highest BCUT2D eigenvalue weighted by Gasteiger charge is 2.34. The molecule has 0 aliphatic carbocycles. The van der Waals surface area contributed by atoms with Gasteiger partial charge in [0, 0.05) is 32.0 Å². The van der Waals surface area contributed by atoms with Crippen LogP contribution in [0.25, 0.3) is 0 Å². The molecule has 19 heavy (non-hydrogen) atoms. The summed E-state index contributed by atoms with van der Waals surface area (Å²) in [5.41, 5.74) is 0.535. The van der Waals surface area contributed by atoms with Gasteiger partial charge in [0.15, 0.2) is 0 Å². The zero-order chi connectivity index (χ0) is 14.0. The average molecular weight is 292 g/mol. The van der Waals surface area contributed by atoms with Gasteiger partial charge in [-0.05, 0) is 0 Å². The third-order valence-corrected chi connectivity index (χ3v) is 3.21. The van der Waals surface area contributed by atoms with Crippen molar-refractivity contribution in [3.63, 3.8) is 0 Å². The Labute approximate surface area is 113 Å². The molecule has 1 aromatic heterocycles. The third-order valence-electron chi connectivity index (χ3n) is 2.90. The number of alkyl halides is 2. The first-order valence-electron chi connectivity index (χ1n) is 5.66. The number of aromatic nitrogens is 1. The fourth-order valence-electron chi connectivity index (χ4n) is 1.91. The van der Waals surface area contributed by atoms with Crippen molar-refractivity contribution in [1.82, 2.24) is 4.98 Å². The lowest BCUT2D eigenvalue weighted by molar-refractivity contribution is -0.0220. The van der Waals surface area contributed by atoms with Crippen molar-refractivity contribution in [1.29, 1.82) is 0 Å². The predicted molar refractivity (Wildman–Crippen MR) is 67.3 cm³/mol. The smallest absolute Gasteiger partial charge is 0.410 e. The second-order valence-corrected chi connectivity index (χ2v) is 4.70. The Bertz CT molecular complexity index is 489.